The number of esters is 1. The Balaban J connectivity index is 2.36. The van der Waals surface area contributed by atoms with Gasteiger partial charge in [0.1, 0.15) is 0 Å². The fraction of sp³-hybridized carbons (Fsp3) is 0.556. The van der Waals surface area contributed by atoms with Gasteiger partial charge in [0, 0.05) is 11.9 Å². The maximum Gasteiger partial charge on any atom is 0.357 e. The number of hydrogen-bond donors (Lipinski definition) is 1. The first-order chi connectivity index (χ1) is 7.27. The van der Waals surface area contributed by atoms with Crippen LogP contribution >= 0.6 is 23.1 Å². The van der Waals surface area contributed by atoms with Gasteiger partial charge in [-0.05, 0) is 18.4 Å². The highest BCUT2D eigenvalue weighted by Gasteiger charge is 2.09. The van der Waals surface area contributed by atoms with Crippen LogP contribution in [-0.2, 0) is 4.74 Å². The monoisotopic (exact) mass is 246 g/mol. The van der Waals surface area contributed by atoms with Gasteiger partial charge in [-0.1, -0.05) is 0 Å². The van der Waals surface area contributed by atoms with Crippen molar-refractivity contribution in [3.05, 3.63) is 11.1 Å². The first kappa shape index (κ1) is 12.3. The molecule has 0 amide bonds. The second-order valence-corrected chi connectivity index (χ2v) is 4.65. The van der Waals surface area contributed by atoms with Crippen molar-refractivity contribution in [1.29, 1.82) is 0 Å². The van der Waals surface area contributed by atoms with Crippen molar-refractivity contribution in [2.75, 3.05) is 31.0 Å². The molecule has 6 heteroatoms. The third-order valence-corrected chi connectivity index (χ3v) is 3.20. The zero-order valence-electron chi connectivity index (χ0n) is 8.78. The number of thioether (sulfide) groups is 1. The molecule has 0 radical (unpaired) electrons. The van der Waals surface area contributed by atoms with Gasteiger partial charge < -0.3 is 10.1 Å². The van der Waals surface area contributed by atoms with E-state index in [-0.39, 0.29) is 5.97 Å². The van der Waals surface area contributed by atoms with Crippen molar-refractivity contribution in [2.24, 2.45) is 0 Å². The summed E-state index contributed by atoms with van der Waals surface area (Å²) < 4.78 is 4.57. The van der Waals surface area contributed by atoms with Gasteiger partial charge in [-0.3, -0.25) is 0 Å². The molecule has 4 nitrogen and oxygen atoms in total. The molecule has 0 atom stereocenters. The number of hydrogen-bond acceptors (Lipinski definition) is 6. The SMILES string of the molecule is COC(=O)c1csc(NCCCSC)n1. The fourth-order valence-corrected chi connectivity index (χ4v) is 2.11. The number of anilines is 1. The molecule has 15 heavy (non-hydrogen) atoms. The number of rotatable bonds is 6. The van der Waals surface area contributed by atoms with Crippen molar-refractivity contribution in [3.63, 3.8) is 0 Å². The van der Waals surface area contributed by atoms with Crippen molar-refractivity contribution in [3.8, 4) is 0 Å². The van der Waals surface area contributed by atoms with Gasteiger partial charge >= 0.3 is 5.97 Å². The summed E-state index contributed by atoms with van der Waals surface area (Å²) in [6, 6.07) is 0. The van der Waals surface area contributed by atoms with E-state index in [0.29, 0.717) is 5.69 Å². The van der Waals surface area contributed by atoms with Crippen LogP contribution in [0.25, 0.3) is 0 Å². The van der Waals surface area contributed by atoms with Gasteiger partial charge in [0.2, 0.25) is 0 Å². The molecule has 1 N–H and O–H groups in total. The zero-order valence-corrected chi connectivity index (χ0v) is 10.4. The smallest absolute Gasteiger partial charge is 0.357 e. The van der Waals surface area contributed by atoms with Crippen LogP contribution in [0.15, 0.2) is 5.38 Å². The Morgan fingerprint density at radius 1 is 1.73 bits per heavy atom. The average Bonchev–Trinajstić information content (AvgIpc) is 2.72. The van der Waals surface area contributed by atoms with Crippen LogP contribution in [-0.4, -0.2) is 36.6 Å². The third kappa shape index (κ3) is 4.09. The highest BCUT2D eigenvalue weighted by molar-refractivity contribution is 7.98. The molecule has 0 bridgehead atoms. The van der Waals surface area contributed by atoms with Crippen molar-refractivity contribution in [1.82, 2.24) is 4.98 Å². The van der Waals surface area contributed by atoms with E-state index >= 15 is 0 Å². The Kier molecular flexibility index (Phi) is 5.49. The van der Waals surface area contributed by atoms with E-state index in [1.807, 2.05) is 11.8 Å². The first-order valence-corrected chi connectivity index (χ1v) is 6.82. The molecule has 1 aromatic heterocycles. The second-order valence-electron chi connectivity index (χ2n) is 2.80. The van der Waals surface area contributed by atoms with Crippen LogP contribution in [0.5, 0.6) is 0 Å². The minimum absolute atomic E-state index is 0.370. The summed E-state index contributed by atoms with van der Waals surface area (Å²) >= 11 is 3.24. The molecule has 0 saturated heterocycles. The number of aromatic nitrogens is 1. The van der Waals surface area contributed by atoms with Gasteiger partial charge in [0.05, 0.1) is 7.11 Å². The molecule has 0 fully saturated rings. The van der Waals surface area contributed by atoms with E-state index in [1.54, 1.807) is 5.38 Å². The van der Waals surface area contributed by atoms with Gasteiger partial charge in [-0.2, -0.15) is 11.8 Å². The van der Waals surface area contributed by atoms with Crippen molar-refractivity contribution in [2.45, 2.75) is 6.42 Å². The summed E-state index contributed by atoms with van der Waals surface area (Å²) in [5, 5.41) is 5.64. The molecule has 0 aromatic carbocycles. The number of nitrogens with one attached hydrogen (secondary N) is 1. The lowest BCUT2D eigenvalue weighted by Crippen LogP contribution is -2.04. The van der Waals surface area contributed by atoms with Crippen LogP contribution in [0.2, 0.25) is 0 Å². The normalized spacial score (nSPS) is 10.0. The number of carbonyl (C=O) groups excluding carboxylic acids is 1. The maximum atomic E-state index is 11.1. The van der Waals surface area contributed by atoms with E-state index in [9.17, 15) is 4.79 Å². The highest BCUT2D eigenvalue weighted by atomic mass is 32.2. The molecule has 0 spiro atoms. The summed E-state index contributed by atoms with van der Waals surface area (Å²) in [5.41, 5.74) is 0.370. The van der Waals surface area contributed by atoms with E-state index in [0.717, 1.165) is 23.8 Å². The quantitative estimate of drug-likeness (QED) is 0.615. The lowest BCUT2D eigenvalue weighted by Gasteiger charge is -2.00. The third-order valence-electron chi connectivity index (χ3n) is 1.70. The van der Waals surface area contributed by atoms with E-state index in [4.69, 9.17) is 0 Å². The van der Waals surface area contributed by atoms with E-state index in [1.165, 1.54) is 18.4 Å². The molecule has 84 valence electrons. The Labute approximate surface area is 97.4 Å². The molecular weight excluding hydrogens is 232 g/mol. The largest absolute Gasteiger partial charge is 0.464 e. The first-order valence-electron chi connectivity index (χ1n) is 4.54. The van der Waals surface area contributed by atoms with Gasteiger partial charge in [-0.25, -0.2) is 9.78 Å². The molecule has 1 rings (SSSR count). The molecule has 0 unspecified atom stereocenters. The average molecular weight is 246 g/mol. The Hall–Kier alpha value is -0.750. The number of nitrogens with zero attached hydrogens (tertiary/aromatic N) is 1. The Morgan fingerprint density at radius 3 is 3.20 bits per heavy atom. The van der Waals surface area contributed by atoms with Gasteiger partial charge in [0.25, 0.3) is 0 Å². The standard InChI is InChI=1S/C9H14N2O2S2/c1-13-8(12)7-6-15-9(11-7)10-4-3-5-14-2/h6H,3-5H2,1-2H3,(H,10,11). The molecule has 0 aliphatic carbocycles. The summed E-state index contributed by atoms with van der Waals surface area (Å²) in [7, 11) is 1.35. The number of carbonyl (C=O) groups is 1. The van der Waals surface area contributed by atoms with Crippen molar-refractivity contribution < 1.29 is 9.53 Å². The van der Waals surface area contributed by atoms with Crippen molar-refractivity contribution >= 4 is 34.2 Å². The molecule has 0 aliphatic rings. The molecule has 0 aliphatic heterocycles. The van der Waals surface area contributed by atoms with Crippen LogP contribution in [0.1, 0.15) is 16.9 Å². The summed E-state index contributed by atoms with van der Waals surface area (Å²) in [6.45, 7) is 0.884. The number of methoxy groups -OCH3 is 1. The lowest BCUT2D eigenvalue weighted by atomic mass is 10.5. The second kappa shape index (κ2) is 6.68. The predicted octanol–water partition coefficient (Wildman–Crippen LogP) is 2.09. The molecule has 0 saturated carbocycles. The molecule has 1 heterocycles. The number of thiazole rings is 1. The number of ether oxygens (including phenoxy) is 1. The van der Waals surface area contributed by atoms with E-state index < -0.39 is 0 Å². The van der Waals surface area contributed by atoms with Gasteiger partial charge in [0.15, 0.2) is 10.8 Å². The lowest BCUT2D eigenvalue weighted by molar-refractivity contribution is 0.0595. The van der Waals surface area contributed by atoms with Crippen LogP contribution in [0.4, 0.5) is 5.13 Å². The van der Waals surface area contributed by atoms with Crippen LogP contribution in [0.3, 0.4) is 0 Å². The Bertz CT molecular complexity index is 315. The fourth-order valence-electron chi connectivity index (χ4n) is 0.965. The van der Waals surface area contributed by atoms with Crippen LogP contribution < -0.4 is 5.32 Å². The summed E-state index contributed by atoms with van der Waals surface area (Å²) in [5.74, 6) is 0.741. The summed E-state index contributed by atoms with van der Waals surface area (Å²) in [6.07, 6.45) is 3.17. The summed E-state index contributed by atoms with van der Waals surface area (Å²) in [4.78, 5) is 15.2. The van der Waals surface area contributed by atoms with Crippen LogP contribution in [0, 0.1) is 0 Å². The molecule has 1 aromatic rings. The highest BCUT2D eigenvalue weighted by Crippen LogP contribution is 2.15. The predicted molar refractivity (Wildman–Crippen MR) is 64.9 cm³/mol. The maximum absolute atomic E-state index is 11.1. The zero-order chi connectivity index (χ0) is 11.1. The minimum atomic E-state index is -0.386. The Morgan fingerprint density at radius 2 is 2.53 bits per heavy atom. The minimum Gasteiger partial charge on any atom is -0.464 e. The van der Waals surface area contributed by atoms with E-state index in [2.05, 4.69) is 21.3 Å². The van der Waals surface area contributed by atoms with Gasteiger partial charge in [-0.15, -0.1) is 11.3 Å². The topological polar surface area (TPSA) is 51.2 Å². The molecular formula is C9H14N2O2S2.